The van der Waals surface area contributed by atoms with Crippen molar-refractivity contribution in [3.8, 4) is 5.75 Å². The lowest BCUT2D eigenvalue weighted by Gasteiger charge is -2.28. The van der Waals surface area contributed by atoms with Gasteiger partial charge in [0, 0.05) is 12.6 Å². The summed E-state index contributed by atoms with van der Waals surface area (Å²) in [5.41, 5.74) is 0.585. The van der Waals surface area contributed by atoms with E-state index in [-0.39, 0.29) is 37.0 Å². The summed E-state index contributed by atoms with van der Waals surface area (Å²) >= 11 is 0. The third-order valence-corrected chi connectivity index (χ3v) is 6.08. The molecule has 1 fully saturated rings. The Morgan fingerprint density at radius 1 is 1.30 bits per heavy atom. The van der Waals surface area contributed by atoms with Crippen molar-refractivity contribution in [1.82, 2.24) is 5.32 Å². The number of anilines is 1. The molecule has 0 aliphatic carbocycles. The summed E-state index contributed by atoms with van der Waals surface area (Å²) < 4.78 is 33.0. The van der Waals surface area contributed by atoms with E-state index in [0.29, 0.717) is 17.9 Å². The number of amides is 2. The molecule has 1 saturated heterocycles. The summed E-state index contributed by atoms with van der Waals surface area (Å²) in [5, 5.41) is 2.54. The van der Waals surface area contributed by atoms with Gasteiger partial charge in [0.15, 0.2) is 23.1 Å². The van der Waals surface area contributed by atoms with Gasteiger partial charge in [0.25, 0.3) is 11.8 Å². The van der Waals surface area contributed by atoms with Crippen molar-refractivity contribution >= 4 is 33.3 Å². The molecule has 2 heterocycles. The number of benzene rings is 1. The van der Waals surface area contributed by atoms with E-state index in [4.69, 9.17) is 9.47 Å². The third kappa shape index (κ3) is 4.97. The van der Waals surface area contributed by atoms with Gasteiger partial charge in [-0.3, -0.25) is 14.4 Å². The highest BCUT2D eigenvalue weighted by Crippen LogP contribution is 2.31. The number of rotatable bonds is 6. The van der Waals surface area contributed by atoms with Crippen LogP contribution in [-0.4, -0.2) is 63.5 Å². The Morgan fingerprint density at radius 3 is 2.81 bits per heavy atom. The molecule has 146 valence electrons. The molecule has 3 rings (SSSR count). The summed E-state index contributed by atoms with van der Waals surface area (Å²) in [4.78, 5) is 37.1. The van der Waals surface area contributed by atoms with Crippen LogP contribution in [0.1, 0.15) is 12.8 Å². The van der Waals surface area contributed by atoms with Gasteiger partial charge >= 0.3 is 5.97 Å². The van der Waals surface area contributed by atoms with Gasteiger partial charge in [0.2, 0.25) is 0 Å². The summed E-state index contributed by atoms with van der Waals surface area (Å²) in [5.74, 6) is -0.907. The summed E-state index contributed by atoms with van der Waals surface area (Å²) in [6.07, 6.45) is 0.283. The summed E-state index contributed by atoms with van der Waals surface area (Å²) in [6.45, 7) is -0.470. The monoisotopic (exact) mass is 396 g/mol. The first-order chi connectivity index (χ1) is 12.8. The Balaban J connectivity index is 1.44. The van der Waals surface area contributed by atoms with Crippen molar-refractivity contribution in [2.45, 2.75) is 18.9 Å². The van der Waals surface area contributed by atoms with E-state index in [1.54, 1.807) is 24.3 Å². The minimum atomic E-state index is -3.09. The van der Waals surface area contributed by atoms with Gasteiger partial charge in [-0.15, -0.1) is 0 Å². The van der Waals surface area contributed by atoms with E-state index in [2.05, 4.69) is 5.32 Å². The Labute approximate surface area is 156 Å². The van der Waals surface area contributed by atoms with Gasteiger partial charge in [-0.1, -0.05) is 12.1 Å². The molecular formula is C17H20N2O7S. The van der Waals surface area contributed by atoms with Crippen molar-refractivity contribution < 1.29 is 32.3 Å². The number of para-hydroxylation sites is 2. The van der Waals surface area contributed by atoms with Crippen LogP contribution < -0.4 is 15.0 Å². The number of ether oxygens (including phenoxy) is 2. The molecule has 0 spiro atoms. The SMILES string of the molecule is O=C(COC(=O)CCN1C(=O)COc2ccccc21)N[C@@H]1CCS(=O)(=O)C1. The second-order valence-electron chi connectivity index (χ2n) is 6.38. The van der Waals surface area contributed by atoms with Crippen LogP contribution in [0.3, 0.4) is 0 Å². The lowest BCUT2D eigenvalue weighted by molar-refractivity contribution is -0.148. The first kappa shape index (κ1) is 19.2. The van der Waals surface area contributed by atoms with E-state index < -0.39 is 34.4 Å². The molecule has 1 aromatic carbocycles. The lowest BCUT2D eigenvalue weighted by atomic mass is 10.2. The number of hydrogen-bond donors (Lipinski definition) is 1. The number of nitrogens with one attached hydrogen (secondary N) is 1. The minimum Gasteiger partial charge on any atom is -0.482 e. The number of carbonyl (C=O) groups excluding carboxylic acids is 3. The first-order valence-electron chi connectivity index (χ1n) is 8.52. The number of fused-ring (bicyclic) bond motifs is 1. The van der Waals surface area contributed by atoms with Crippen LogP contribution in [0, 0.1) is 0 Å². The molecule has 27 heavy (non-hydrogen) atoms. The maximum atomic E-state index is 12.0. The van der Waals surface area contributed by atoms with E-state index in [1.165, 1.54) is 4.90 Å². The van der Waals surface area contributed by atoms with Crippen molar-refractivity contribution in [2.24, 2.45) is 0 Å². The quantitative estimate of drug-likeness (QED) is 0.653. The second-order valence-corrected chi connectivity index (χ2v) is 8.61. The minimum absolute atomic E-state index is 0.0484. The zero-order valence-corrected chi connectivity index (χ0v) is 15.4. The molecule has 1 atom stereocenters. The second kappa shape index (κ2) is 7.95. The summed E-state index contributed by atoms with van der Waals surface area (Å²) in [7, 11) is -3.09. The van der Waals surface area contributed by atoms with Crippen molar-refractivity contribution in [1.29, 1.82) is 0 Å². The predicted octanol–water partition coefficient (Wildman–Crippen LogP) is -0.351. The summed E-state index contributed by atoms with van der Waals surface area (Å²) in [6, 6.07) is 6.57. The van der Waals surface area contributed by atoms with Crippen LogP contribution in [-0.2, 0) is 29.0 Å². The molecule has 2 aliphatic heterocycles. The van der Waals surface area contributed by atoms with Crippen LogP contribution >= 0.6 is 0 Å². The van der Waals surface area contributed by atoms with Gasteiger partial charge in [0.05, 0.1) is 23.6 Å². The molecule has 10 heteroatoms. The zero-order chi connectivity index (χ0) is 19.4. The fourth-order valence-corrected chi connectivity index (χ4v) is 4.67. The van der Waals surface area contributed by atoms with Crippen LogP contribution in [0.25, 0.3) is 0 Å². The average Bonchev–Trinajstić information content (AvgIpc) is 2.97. The van der Waals surface area contributed by atoms with Crippen LogP contribution in [0.15, 0.2) is 24.3 Å². The number of sulfone groups is 1. The molecule has 0 saturated carbocycles. The molecular weight excluding hydrogens is 376 g/mol. The van der Waals surface area contributed by atoms with Gasteiger partial charge in [-0.2, -0.15) is 0 Å². The predicted molar refractivity (Wildman–Crippen MR) is 95.1 cm³/mol. The Morgan fingerprint density at radius 2 is 2.07 bits per heavy atom. The lowest BCUT2D eigenvalue weighted by Crippen LogP contribution is -2.40. The molecule has 0 aromatic heterocycles. The molecule has 0 bridgehead atoms. The van der Waals surface area contributed by atoms with Crippen molar-refractivity contribution in [3.63, 3.8) is 0 Å². The largest absolute Gasteiger partial charge is 0.482 e. The smallest absolute Gasteiger partial charge is 0.308 e. The molecule has 2 amide bonds. The van der Waals surface area contributed by atoms with Crippen LogP contribution in [0.5, 0.6) is 5.75 Å². The fourth-order valence-electron chi connectivity index (χ4n) is 3.00. The zero-order valence-electron chi connectivity index (χ0n) is 14.5. The normalized spacial score (nSPS) is 20.5. The maximum absolute atomic E-state index is 12.0. The van der Waals surface area contributed by atoms with Gasteiger partial charge in [-0.25, -0.2) is 8.42 Å². The number of esters is 1. The van der Waals surface area contributed by atoms with E-state index >= 15 is 0 Å². The Bertz CT molecular complexity index is 853. The molecule has 1 aromatic rings. The van der Waals surface area contributed by atoms with Crippen molar-refractivity contribution in [2.75, 3.05) is 36.2 Å². The third-order valence-electron chi connectivity index (χ3n) is 4.31. The molecule has 0 unspecified atom stereocenters. The van der Waals surface area contributed by atoms with Gasteiger partial charge < -0.3 is 19.7 Å². The van der Waals surface area contributed by atoms with Crippen LogP contribution in [0.4, 0.5) is 5.69 Å². The molecule has 2 aliphatic rings. The fraction of sp³-hybridized carbons (Fsp3) is 0.471. The Kier molecular flexibility index (Phi) is 5.64. The highest BCUT2D eigenvalue weighted by Gasteiger charge is 2.29. The first-order valence-corrected chi connectivity index (χ1v) is 10.3. The maximum Gasteiger partial charge on any atom is 0.308 e. The standard InChI is InChI=1S/C17H20N2O7S/c20-15(18-12-6-8-27(23,24)11-12)9-26-17(22)5-7-19-13-3-1-2-4-14(13)25-10-16(19)21/h1-4,12H,5-11H2,(H,18,20)/t12-/m1/s1. The molecule has 9 nitrogen and oxygen atoms in total. The topological polar surface area (TPSA) is 119 Å². The van der Waals surface area contributed by atoms with Crippen LogP contribution in [0.2, 0.25) is 0 Å². The molecule has 1 N–H and O–H groups in total. The van der Waals surface area contributed by atoms with E-state index in [0.717, 1.165) is 0 Å². The average molecular weight is 396 g/mol. The van der Waals surface area contributed by atoms with E-state index in [9.17, 15) is 22.8 Å². The molecule has 0 radical (unpaired) electrons. The van der Waals surface area contributed by atoms with Crippen molar-refractivity contribution in [3.05, 3.63) is 24.3 Å². The Hall–Kier alpha value is -2.62. The highest BCUT2D eigenvalue weighted by molar-refractivity contribution is 7.91. The van der Waals surface area contributed by atoms with Gasteiger partial charge in [-0.05, 0) is 18.6 Å². The van der Waals surface area contributed by atoms with E-state index in [1.807, 2.05) is 0 Å². The number of hydrogen-bond acceptors (Lipinski definition) is 7. The number of nitrogens with zero attached hydrogens (tertiary/aromatic N) is 1. The highest BCUT2D eigenvalue weighted by atomic mass is 32.2. The number of carbonyl (C=O) groups is 3. The van der Waals surface area contributed by atoms with Gasteiger partial charge in [0.1, 0.15) is 5.75 Å².